The number of aryl methyl sites for hydroxylation is 3. The second kappa shape index (κ2) is 44.7. The Labute approximate surface area is 780 Å². The Hall–Kier alpha value is -17.8. The lowest BCUT2D eigenvalue weighted by atomic mass is 10.0. The van der Waals surface area contributed by atoms with Gasteiger partial charge in [-0.05, 0) is 261 Å². The largest absolute Gasteiger partial charge is 0.507 e. The van der Waals surface area contributed by atoms with Crippen molar-refractivity contribution < 1.29 is 86.5 Å². The predicted molar refractivity (Wildman–Crippen MR) is 531 cm³/mol. The summed E-state index contributed by atoms with van der Waals surface area (Å²) >= 11 is 0. The number of amides is 6. The highest BCUT2D eigenvalue weighted by atomic mass is 19.4. The number of phenols is 5. The lowest BCUT2D eigenvalue weighted by Crippen LogP contribution is -2.16. The molecule has 18 aromatic carbocycles. The molecule has 0 aromatic heterocycles. The number of esters is 1. The minimum Gasteiger partial charge on any atom is -0.507 e. The number of nitrogens with one attached hydrogen (secondary N) is 6. The Morgan fingerprint density at radius 1 is 0.265 bits per heavy atom. The molecular weight excluding hydrogens is 1730 g/mol. The fourth-order valence-electron chi connectivity index (χ4n) is 14.2. The van der Waals surface area contributed by atoms with E-state index in [9.17, 15) is 72.3 Å². The van der Waals surface area contributed by atoms with Crippen LogP contribution in [0.4, 0.5) is 47.3 Å². The van der Waals surface area contributed by atoms with Gasteiger partial charge in [-0.25, -0.2) is 0 Å². The third-order valence-electron chi connectivity index (χ3n) is 21.3. The summed E-state index contributed by atoms with van der Waals surface area (Å²) in [6.45, 7) is 7.84. The van der Waals surface area contributed by atoms with Crippen LogP contribution in [-0.4, -0.2) is 81.2 Å². The molecule has 24 heteroatoms. The van der Waals surface area contributed by atoms with Gasteiger partial charge in [-0.3, -0.25) is 33.6 Å². The summed E-state index contributed by atoms with van der Waals surface area (Å²) in [7, 11) is 3.15. The van der Waals surface area contributed by atoms with E-state index in [0.29, 0.717) is 58.3 Å². The zero-order valence-electron chi connectivity index (χ0n) is 74.5. The number of hydrogen-bond acceptors (Lipinski definition) is 15. The summed E-state index contributed by atoms with van der Waals surface area (Å²) in [5.41, 5.74) is 7.17. The molecule has 0 aliphatic heterocycles. The highest BCUT2D eigenvalue weighted by Crippen LogP contribution is 2.36. The van der Waals surface area contributed by atoms with Gasteiger partial charge < -0.3 is 71.6 Å². The molecule has 0 aliphatic carbocycles. The number of carbonyl (C=O) groups excluding carboxylic acids is 7. The molecule has 18 rings (SSSR count). The van der Waals surface area contributed by atoms with E-state index in [1.165, 1.54) is 24.3 Å². The molecule has 0 spiro atoms. The Morgan fingerprint density at radius 3 is 0.838 bits per heavy atom. The van der Waals surface area contributed by atoms with Crippen LogP contribution in [0.5, 0.6) is 46.0 Å². The van der Waals surface area contributed by atoms with Crippen LogP contribution in [-0.2, 0) is 11.0 Å². The second-order valence-electron chi connectivity index (χ2n) is 31.4. The summed E-state index contributed by atoms with van der Waals surface area (Å²) in [6.07, 6.45) is -3.49. The fraction of sp³-hybridized carbons (Fsp3) is 0.0804. The summed E-state index contributed by atoms with van der Waals surface area (Å²) < 4.78 is 53.8. The van der Waals surface area contributed by atoms with Crippen LogP contribution in [0.1, 0.15) is 104 Å². The summed E-state index contributed by atoms with van der Waals surface area (Å²) in [6, 6.07) is 106. The standard InChI is InChI=1S/C22H21NO3.C18H12F3NO2.2C18H15NO3.2C18H15NO2/c1-3-6-21(24)26-20-14-17-8-5-4-7-16(17)13-19(20)22(25)23-18-11-9-15(2)10-12-18;19-18(20,21)13-6-3-7-14(10-13)22-17(24)15-8-11-4-1-2-5-12(11)9-16(15)23;1-22-15-8-4-7-14(11-15)19-18(21)16-9-12-5-2-3-6-13(12)10-17(16)20;1-22-15-8-6-14(7-9-15)19-18(21)16-10-12-4-2-3-5-13(12)11-17(16)20;1-12-5-4-8-15(9-12)19-18(21)16-10-13-6-2-3-7-14(13)11-17(16)20;1-12-6-8-15(9-7-12)19-18(21)16-10-13-4-2-3-5-14(13)11-17(16)20/h4-5,7-14H,3,6H2,1-2H3,(H,23,25);1-10,23H,(H,22,24);2*2-11,20H,1H3,(H,19,21);2*2-11,20H,1H3,(H,19,21). The van der Waals surface area contributed by atoms with Gasteiger partial charge in [-0.15, -0.1) is 0 Å². The molecule has 6 amide bonds. The second-order valence-corrected chi connectivity index (χ2v) is 31.4. The summed E-state index contributed by atoms with van der Waals surface area (Å²) in [5, 5.41) is 77.1. The number of hydrogen-bond donors (Lipinski definition) is 11. The fourth-order valence-corrected chi connectivity index (χ4v) is 14.2. The Morgan fingerprint density at radius 2 is 0.529 bits per heavy atom. The number of methoxy groups -OCH3 is 2. The van der Waals surface area contributed by atoms with Crippen molar-refractivity contribution in [2.45, 2.75) is 46.7 Å². The van der Waals surface area contributed by atoms with Gasteiger partial charge >= 0.3 is 12.1 Å². The van der Waals surface area contributed by atoms with Gasteiger partial charge in [-0.2, -0.15) is 13.2 Å². The number of anilines is 6. The van der Waals surface area contributed by atoms with Crippen molar-refractivity contribution in [2.24, 2.45) is 0 Å². The molecule has 0 heterocycles. The molecule has 0 saturated heterocycles. The zero-order chi connectivity index (χ0) is 96.5. The first-order chi connectivity index (χ1) is 65.5. The van der Waals surface area contributed by atoms with E-state index < -0.39 is 17.6 Å². The number of benzene rings is 18. The molecule has 0 radical (unpaired) electrons. The number of alkyl halides is 3. The molecule has 0 fully saturated rings. The van der Waals surface area contributed by atoms with E-state index >= 15 is 0 Å². The maximum absolute atomic E-state index is 12.8. The third kappa shape index (κ3) is 25.6. The SMILES string of the molecule is CCCC(=O)Oc1cc2ccccc2cc1C(=O)Nc1ccc(C)cc1.COc1ccc(NC(=O)c2cc3ccccc3cc2O)cc1.COc1cccc(NC(=O)c2cc3ccccc3cc2O)c1.Cc1ccc(NC(=O)c2cc3ccccc3cc2O)cc1.Cc1cccc(NC(=O)c2cc3ccccc3cc2O)c1.O=C(Nc1cccc(C(F)(F)F)c1)c1cc2ccccc2cc1O. The molecule has 0 unspecified atom stereocenters. The molecule has 682 valence electrons. The molecule has 136 heavy (non-hydrogen) atoms. The first-order valence-electron chi connectivity index (χ1n) is 42.9. The van der Waals surface area contributed by atoms with Crippen molar-refractivity contribution in [1.82, 2.24) is 0 Å². The molecule has 18 aromatic rings. The van der Waals surface area contributed by atoms with E-state index in [0.717, 1.165) is 93.5 Å². The summed E-state index contributed by atoms with van der Waals surface area (Å²) in [4.78, 5) is 86.4. The minimum atomic E-state index is -4.49. The van der Waals surface area contributed by atoms with E-state index in [-0.39, 0.29) is 104 Å². The van der Waals surface area contributed by atoms with Crippen molar-refractivity contribution in [3.05, 3.63) is 420 Å². The first kappa shape index (κ1) is 95.8. The molecule has 0 bridgehead atoms. The van der Waals surface area contributed by atoms with Crippen LogP contribution in [0.15, 0.2) is 364 Å². The molecule has 0 saturated carbocycles. The normalized spacial score (nSPS) is 10.7. The van der Waals surface area contributed by atoms with Crippen LogP contribution in [0, 0.1) is 20.8 Å². The third-order valence-corrected chi connectivity index (χ3v) is 21.3. The van der Waals surface area contributed by atoms with Crippen molar-refractivity contribution in [3.8, 4) is 46.0 Å². The van der Waals surface area contributed by atoms with E-state index in [4.69, 9.17) is 14.2 Å². The van der Waals surface area contributed by atoms with Crippen LogP contribution in [0.3, 0.4) is 0 Å². The van der Waals surface area contributed by atoms with Gasteiger partial charge in [-0.1, -0.05) is 212 Å². The van der Waals surface area contributed by atoms with Crippen molar-refractivity contribution >= 4 is 140 Å². The quantitative estimate of drug-likeness (QED) is 0.0298. The maximum Gasteiger partial charge on any atom is 0.416 e. The Bertz CT molecular complexity index is 7440. The topological polar surface area (TPSA) is 321 Å². The van der Waals surface area contributed by atoms with E-state index in [2.05, 4.69) is 31.9 Å². The van der Waals surface area contributed by atoms with Gasteiger partial charge in [0, 0.05) is 46.6 Å². The van der Waals surface area contributed by atoms with Gasteiger partial charge in [0.1, 0.15) is 46.0 Å². The average molecular weight is 1820 g/mol. The Kier molecular flexibility index (Phi) is 31.5. The number of halogens is 3. The van der Waals surface area contributed by atoms with Crippen molar-refractivity contribution in [1.29, 1.82) is 0 Å². The van der Waals surface area contributed by atoms with Gasteiger partial charge in [0.2, 0.25) is 0 Å². The lowest BCUT2D eigenvalue weighted by Gasteiger charge is -2.12. The Balaban J connectivity index is 0.000000138. The average Bonchev–Trinajstić information content (AvgIpc) is 0.840. The minimum absolute atomic E-state index is 0.00221. The highest BCUT2D eigenvalue weighted by molar-refractivity contribution is 6.14. The highest BCUT2D eigenvalue weighted by Gasteiger charge is 2.31. The zero-order valence-corrected chi connectivity index (χ0v) is 74.5. The number of rotatable bonds is 17. The number of carbonyl (C=O) groups is 7. The molecule has 11 N–H and O–H groups in total. The molecule has 0 atom stereocenters. The van der Waals surface area contributed by atoms with Crippen molar-refractivity contribution in [2.75, 3.05) is 46.1 Å². The number of phenolic OH excluding ortho intramolecular Hbond substituents is 5. The van der Waals surface area contributed by atoms with Gasteiger partial charge in [0.15, 0.2) is 0 Å². The molecular formula is C112H93F3N6O15. The number of fused-ring (bicyclic) bond motifs is 6. The summed E-state index contributed by atoms with van der Waals surface area (Å²) in [5.74, 6) is -1.38. The maximum atomic E-state index is 12.8. The smallest absolute Gasteiger partial charge is 0.416 e. The van der Waals surface area contributed by atoms with Gasteiger partial charge in [0.05, 0.1) is 53.2 Å². The monoisotopic (exact) mass is 1820 g/mol. The lowest BCUT2D eigenvalue weighted by molar-refractivity contribution is -0.137. The number of ether oxygens (including phenoxy) is 3. The van der Waals surface area contributed by atoms with Crippen LogP contribution >= 0.6 is 0 Å². The molecule has 21 nitrogen and oxygen atoms in total. The van der Waals surface area contributed by atoms with E-state index in [1.807, 2.05) is 222 Å². The van der Waals surface area contributed by atoms with Crippen molar-refractivity contribution in [3.63, 3.8) is 0 Å². The first-order valence-corrected chi connectivity index (χ1v) is 42.9. The predicted octanol–water partition coefficient (Wildman–Crippen LogP) is 25.7. The molecule has 0 aliphatic rings. The van der Waals surface area contributed by atoms with Gasteiger partial charge in [0.25, 0.3) is 35.4 Å². The number of aromatic hydroxyl groups is 5. The van der Waals surface area contributed by atoms with Crippen LogP contribution in [0.25, 0.3) is 64.6 Å². The van der Waals surface area contributed by atoms with E-state index in [1.54, 1.807) is 148 Å². The van der Waals surface area contributed by atoms with Crippen LogP contribution < -0.4 is 46.1 Å². The van der Waals surface area contributed by atoms with Crippen LogP contribution in [0.2, 0.25) is 0 Å².